The monoisotopic (exact) mass is 379 g/mol. The van der Waals surface area contributed by atoms with Crippen LogP contribution in [-0.4, -0.2) is 57.5 Å². The summed E-state index contributed by atoms with van der Waals surface area (Å²) in [5, 5.41) is 1.70. The number of ether oxygens (including phenoxy) is 1. The molecule has 26 heavy (non-hydrogen) atoms. The second-order valence-electron chi connectivity index (χ2n) is 5.84. The molecule has 0 spiro atoms. The average Bonchev–Trinajstić information content (AvgIpc) is 2.94. The maximum atomic E-state index is 11.6. The van der Waals surface area contributed by atoms with Crippen LogP contribution in [-0.2, 0) is 24.1 Å². The Morgan fingerprint density at radius 2 is 1.85 bits per heavy atom. The molecular formula is C19H20N2NaO3S. The molecule has 1 aliphatic rings. The van der Waals surface area contributed by atoms with Crippen LogP contribution >= 0.6 is 11.8 Å². The molecule has 3 rings (SSSR count). The van der Waals surface area contributed by atoms with Crippen molar-refractivity contribution in [1.29, 1.82) is 0 Å². The minimum atomic E-state index is -0.337. The van der Waals surface area contributed by atoms with Gasteiger partial charge in [-0.15, -0.1) is 0 Å². The van der Waals surface area contributed by atoms with E-state index in [9.17, 15) is 9.59 Å². The van der Waals surface area contributed by atoms with Gasteiger partial charge in [-0.05, 0) is 42.2 Å². The summed E-state index contributed by atoms with van der Waals surface area (Å²) < 4.78 is 5.75. The Morgan fingerprint density at radius 3 is 2.42 bits per heavy atom. The first-order valence-electron chi connectivity index (χ1n) is 8.31. The zero-order valence-corrected chi connectivity index (χ0v) is 17.8. The number of hydrogen-bond acceptors (Lipinski definition) is 5. The van der Waals surface area contributed by atoms with Crippen LogP contribution in [0.1, 0.15) is 23.7 Å². The third kappa shape index (κ3) is 5.84. The summed E-state index contributed by atoms with van der Waals surface area (Å²) in [5.74, 6) is 0.574. The minimum absolute atomic E-state index is 0. The third-order valence-electron chi connectivity index (χ3n) is 4.03. The predicted octanol–water partition coefficient (Wildman–Crippen LogP) is 2.78. The SMILES string of the molecule is CCc1ccc(CCOc2ccc(CC3SC(=O)NC3=O)cc2)nc1.[Na]. The number of rotatable bonds is 7. The number of amides is 2. The number of aromatic nitrogens is 1. The van der Waals surface area contributed by atoms with E-state index in [1.54, 1.807) is 0 Å². The molecule has 2 amide bonds. The maximum absolute atomic E-state index is 11.6. The van der Waals surface area contributed by atoms with Crippen molar-refractivity contribution in [2.45, 2.75) is 31.4 Å². The summed E-state index contributed by atoms with van der Waals surface area (Å²) in [6, 6.07) is 11.8. The van der Waals surface area contributed by atoms with Gasteiger partial charge in [0, 0.05) is 47.9 Å². The number of nitrogens with one attached hydrogen (secondary N) is 1. The zero-order valence-electron chi connectivity index (χ0n) is 15.0. The van der Waals surface area contributed by atoms with Crippen LogP contribution in [0, 0.1) is 0 Å². The molecule has 1 N–H and O–H groups in total. The van der Waals surface area contributed by atoms with Crippen molar-refractivity contribution >= 4 is 52.5 Å². The Balaban J connectivity index is 0.00000243. The van der Waals surface area contributed by atoms with Crippen LogP contribution in [0.25, 0.3) is 0 Å². The van der Waals surface area contributed by atoms with Crippen LogP contribution in [0.4, 0.5) is 4.79 Å². The Hall–Kier alpha value is -1.34. The smallest absolute Gasteiger partial charge is 0.286 e. The van der Waals surface area contributed by atoms with E-state index in [0.29, 0.717) is 13.0 Å². The first-order valence-corrected chi connectivity index (χ1v) is 9.19. The van der Waals surface area contributed by atoms with Gasteiger partial charge in [0.25, 0.3) is 5.24 Å². The molecule has 1 fully saturated rings. The Labute approximate surface area is 179 Å². The van der Waals surface area contributed by atoms with Gasteiger partial charge in [0.15, 0.2) is 0 Å². The van der Waals surface area contributed by atoms with E-state index in [1.165, 1.54) is 5.56 Å². The van der Waals surface area contributed by atoms with Crippen LogP contribution in [0.3, 0.4) is 0 Å². The fourth-order valence-electron chi connectivity index (χ4n) is 2.55. The van der Waals surface area contributed by atoms with Crippen LogP contribution in [0.5, 0.6) is 5.75 Å². The molecule has 0 bridgehead atoms. The van der Waals surface area contributed by atoms with Crippen molar-refractivity contribution < 1.29 is 14.3 Å². The van der Waals surface area contributed by atoms with Gasteiger partial charge in [0.1, 0.15) is 5.75 Å². The number of hydrogen-bond donors (Lipinski definition) is 1. The van der Waals surface area contributed by atoms with E-state index in [-0.39, 0.29) is 46.0 Å². The normalized spacial score (nSPS) is 16.1. The fourth-order valence-corrected chi connectivity index (χ4v) is 3.41. The summed E-state index contributed by atoms with van der Waals surface area (Å²) in [6.07, 6.45) is 4.19. The summed E-state index contributed by atoms with van der Waals surface area (Å²) >= 11 is 1.05. The van der Waals surface area contributed by atoms with Gasteiger partial charge in [-0.1, -0.05) is 36.9 Å². The first-order chi connectivity index (χ1) is 12.1. The molecule has 1 aliphatic heterocycles. The molecule has 1 radical (unpaired) electrons. The maximum Gasteiger partial charge on any atom is 0.286 e. The molecule has 2 aromatic rings. The van der Waals surface area contributed by atoms with Crippen molar-refractivity contribution in [3.8, 4) is 5.75 Å². The molecule has 1 atom stereocenters. The van der Waals surface area contributed by atoms with E-state index in [2.05, 4.69) is 23.3 Å². The second-order valence-corrected chi connectivity index (χ2v) is 7.02. The van der Waals surface area contributed by atoms with Crippen LogP contribution in [0.2, 0.25) is 0 Å². The van der Waals surface area contributed by atoms with E-state index < -0.39 is 0 Å². The number of benzene rings is 1. The molecule has 7 heteroatoms. The van der Waals surface area contributed by atoms with Gasteiger partial charge >= 0.3 is 0 Å². The first kappa shape index (κ1) is 21.0. The van der Waals surface area contributed by atoms with E-state index >= 15 is 0 Å². The van der Waals surface area contributed by atoms with Gasteiger partial charge in [0.05, 0.1) is 11.9 Å². The molecule has 0 aliphatic carbocycles. The largest absolute Gasteiger partial charge is 0.493 e. The van der Waals surface area contributed by atoms with Crippen LogP contribution in [0.15, 0.2) is 42.6 Å². The Bertz CT molecular complexity index is 750. The minimum Gasteiger partial charge on any atom is -0.493 e. The topological polar surface area (TPSA) is 68.3 Å². The quantitative estimate of drug-likeness (QED) is 0.750. The van der Waals surface area contributed by atoms with Gasteiger partial charge in [-0.2, -0.15) is 0 Å². The Kier molecular flexibility index (Phi) is 8.15. The van der Waals surface area contributed by atoms with E-state index in [4.69, 9.17) is 4.74 Å². The third-order valence-corrected chi connectivity index (χ3v) is 5.01. The van der Waals surface area contributed by atoms with Gasteiger partial charge in [0.2, 0.25) is 5.91 Å². The fraction of sp³-hybridized carbons (Fsp3) is 0.316. The van der Waals surface area contributed by atoms with Crippen molar-refractivity contribution in [2.24, 2.45) is 0 Å². The number of carbonyl (C=O) groups excluding carboxylic acids is 2. The van der Waals surface area contributed by atoms with Gasteiger partial charge in [-0.25, -0.2) is 0 Å². The molecular weight excluding hydrogens is 359 g/mol. The van der Waals surface area contributed by atoms with Crippen molar-refractivity contribution in [1.82, 2.24) is 10.3 Å². The summed E-state index contributed by atoms with van der Waals surface area (Å²) in [7, 11) is 0. The standard InChI is InChI=1S/C19H20N2O3S.Na/c1-2-13-3-6-15(20-12-13)9-10-24-16-7-4-14(5-8-16)11-17-18(22)21-19(23)25-17;/h3-8,12,17H,2,9-11H2,1H3,(H,21,22,23);. The molecule has 5 nitrogen and oxygen atoms in total. The van der Waals surface area contributed by atoms with Crippen molar-refractivity contribution in [3.05, 3.63) is 59.4 Å². The molecule has 1 saturated heterocycles. The summed E-state index contributed by atoms with van der Waals surface area (Å²) in [5.41, 5.74) is 3.25. The van der Waals surface area contributed by atoms with Crippen molar-refractivity contribution in [2.75, 3.05) is 6.61 Å². The number of thioether (sulfide) groups is 1. The summed E-state index contributed by atoms with van der Waals surface area (Å²) in [4.78, 5) is 27.2. The molecule has 0 saturated carbocycles. The van der Waals surface area contributed by atoms with Crippen LogP contribution < -0.4 is 10.1 Å². The number of aryl methyl sites for hydroxylation is 1. The predicted molar refractivity (Wildman–Crippen MR) is 104 cm³/mol. The van der Waals surface area contributed by atoms with Crippen molar-refractivity contribution in [3.63, 3.8) is 0 Å². The average molecular weight is 379 g/mol. The molecule has 1 aromatic heterocycles. The molecule has 131 valence electrons. The molecule has 1 aromatic carbocycles. The second kappa shape index (κ2) is 10.1. The Morgan fingerprint density at radius 1 is 1.12 bits per heavy atom. The number of nitrogens with zero attached hydrogens (tertiary/aromatic N) is 1. The number of imide groups is 1. The van der Waals surface area contributed by atoms with E-state index in [0.717, 1.165) is 41.6 Å². The zero-order chi connectivity index (χ0) is 17.6. The van der Waals surface area contributed by atoms with Gasteiger partial charge < -0.3 is 4.74 Å². The summed E-state index contributed by atoms with van der Waals surface area (Å²) in [6.45, 7) is 2.67. The molecule has 1 unspecified atom stereocenters. The molecule has 2 heterocycles. The number of pyridine rings is 1. The van der Waals surface area contributed by atoms with E-state index in [1.807, 2.05) is 36.5 Å². The number of carbonyl (C=O) groups is 2. The van der Waals surface area contributed by atoms with Gasteiger partial charge in [-0.3, -0.25) is 19.9 Å².